The number of thiol groups is 1. The van der Waals surface area contributed by atoms with Crippen LogP contribution in [0.3, 0.4) is 0 Å². The fourth-order valence-electron chi connectivity index (χ4n) is 3.76. The fraction of sp³-hybridized carbons (Fsp3) is 0.667. The average molecular weight is 524 g/mol. The van der Waals surface area contributed by atoms with Crippen LogP contribution >= 0.6 is 12.6 Å². The number of hydrogen-bond donors (Lipinski definition) is 4. The molecule has 0 aliphatic rings. The molecule has 0 bridgehead atoms. The fourth-order valence-corrected chi connectivity index (χ4v) is 4.00. The molecule has 2 atom stereocenters. The van der Waals surface area contributed by atoms with Gasteiger partial charge in [-0.05, 0) is 58.7 Å². The summed E-state index contributed by atoms with van der Waals surface area (Å²) in [4.78, 5) is 41.1. The lowest BCUT2D eigenvalue weighted by Gasteiger charge is -2.34. The lowest BCUT2D eigenvalue weighted by atomic mass is 10.0. The van der Waals surface area contributed by atoms with E-state index in [9.17, 15) is 19.5 Å². The summed E-state index contributed by atoms with van der Waals surface area (Å²) in [5.41, 5.74) is -0.154. The van der Waals surface area contributed by atoms with Crippen LogP contribution in [0.2, 0.25) is 0 Å². The first-order valence-electron chi connectivity index (χ1n) is 12.9. The van der Waals surface area contributed by atoms with Gasteiger partial charge in [-0.1, -0.05) is 51.2 Å². The van der Waals surface area contributed by atoms with Crippen LogP contribution in [0.15, 0.2) is 24.3 Å². The van der Waals surface area contributed by atoms with Gasteiger partial charge < -0.3 is 25.4 Å². The van der Waals surface area contributed by atoms with Crippen molar-refractivity contribution in [2.24, 2.45) is 0 Å². The van der Waals surface area contributed by atoms with Crippen molar-refractivity contribution in [3.05, 3.63) is 29.8 Å². The van der Waals surface area contributed by atoms with Crippen LogP contribution in [0.4, 0.5) is 4.79 Å². The number of unbranched alkanes of at least 4 members (excludes halogenated alkanes) is 5. The molecule has 0 saturated heterocycles. The summed E-state index contributed by atoms with van der Waals surface area (Å²) in [6.07, 6.45) is 5.39. The third kappa shape index (κ3) is 11.5. The second kappa shape index (κ2) is 15.6. The van der Waals surface area contributed by atoms with Crippen LogP contribution in [0.5, 0.6) is 5.75 Å². The molecular weight excluding hydrogens is 478 g/mol. The standard InChI is InChI=1S/C27H45N3O5S/c1-7-8-9-10-11-12-17-30(25(33)22(18-36)29-26(34)35-27(4,5)6)23(24(32)28-19(2)3)20-13-15-21(31)16-14-20/h13-16,19,22-23,31,36H,7-12,17-18H2,1-6H3,(H,28,32)(H,29,34). The molecule has 0 saturated carbocycles. The molecule has 9 heteroatoms. The maximum atomic E-state index is 13.8. The number of nitrogens with one attached hydrogen (secondary N) is 2. The summed E-state index contributed by atoms with van der Waals surface area (Å²) in [6.45, 7) is 11.4. The van der Waals surface area contributed by atoms with Crippen LogP contribution < -0.4 is 10.6 Å². The molecule has 1 aromatic carbocycles. The number of nitrogens with zero attached hydrogens (tertiary/aromatic N) is 1. The maximum absolute atomic E-state index is 13.8. The first-order valence-corrected chi connectivity index (χ1v) is 13.5. The number of phenolic OH excluding ortho intramolecular Hbond substituents is 1. The highest BCUT2D eigenvalue weighted by molar-refractivity contribution is 7.80. The topological polar surface area (TPSA) is 108 Å². The number of ether oxygens (including phenoxy) is 1. The number of hydrogen-bond acceptors (Lipinski definition) is 6. The normalized spacial score (nSPS) is 13.1. The van der Waals surface area contributed by atoms with Gasteiger partial charge in [-0.15, -0.1) is 0 Å². The monoisotopic (exact) mass is 523 g/mol. The van der Waals surface area contributed by atoms with E-state index in [1.807, 2.05) is 13.8 Å². The minimum atomic E-state index is -0.977. The van der Waals surface area contributed by atoms with Gasteiger partial charge in [0.25, 0.3) is 0 Å². The lowest BCUT2D eigenvalue weighted by molar-refractivity contribution is -0.142. The van der Waals surface area contributed by atoms with Crippen LogP contribution in [0.1, 0.15) is 91.7 Å². The van der Waals surface area contributed by atoms with Gasteiger partial charge in [0, 0.05) is 18.3 Å². The zero-order valence-electron chi connectivity index (χ0n) is 22.7. The third-order valence-corrected chi connectivity index (χ3v) is 5.77. The lowest BCUT2D eigenvalue weighted by Crippen LogP contribution is -2.54. The molecule has 0 fully saturated rings. The summed E-state index contributed by atoms with van der Waals surface area (Å²) in [5.74, 6) is -0.638. The van der Waals surface area contributed by atoms with E-state index in [0.717, 1.165) is 32.1 Å². The highest BCUT2D eigenvalue weighted by Gasteiger charge is 2.35. The average Bonchev–Trinajstić information content (AvgIpc) is 2.77. The molecule has 2 unspecified atom stereocenters. The number of alkyl carbamates (subject to hydrolysis) is 1. The van der Waals surface area contributed by atoms with Gasteiger partial charge in [0.1, 0.15) is 23.4 Å². The van der Waals surface area contributed by atoms with Crippen molar-refractivity contribution in [1.29, 1.82) is 0 Å². The number of carbonyl (C=O) groups excluding carboxylic acids is 3. The molecule has 0 radical (unpaired) electrons. The Hall–Kier alpha value is -2.42. The van der Waals surface area contributed by atoms with Crippen LogP contribution in [0.25, 0.3) is 0 Å². The predicted molar refractivity (Wildman–Crippen MR) is 146 cm³/mol. The molecule has 3 amide bonds. The number of amides is 3. The Morgan fingerprint density at radius 1 is 1.00 bits per heavy atom. The summed E-state index contributed by atoms with van der Waals surface area (Å²) in [6, 6.07) is 4.22. The van der Waals surface area contributed by atoms with E-state index in [2.05, 4.69) is 30.2 Å². The maximum Gasteiger partial charge on any atom is 0.408 e. The Kier molecular flexibility index (Phi) is 13.7. The number of aromatic hydroxyl groups is 1. The summed E-state index contributed by atoms with van der Waals surface area (Å²) in [7, 11) is 0. The molecule has 0 aliphatic carbocycles. The number of carbonyl (C=O) groups is 3. The second-order valence-corrected chi connectivity index (χ2v) is 10.7. The quantitative estimate of drug-likeness (QED) is 0.203. The molecular formula is C27H45N3O5S. The van der Waals surface area contributed by atoms with Crippen LogP contribution in [-0.2, 0) is 14.3 Å². The molecule has 3 N–H and O–H groups in total. The molecule has 1 aromatic rings. The Labute approximate surface area is 222 Å². The van der Waals surface area contributed by atoms with Gasteiger partial charge in [0.2, 0.25) is 11.8 Å². The minimum absolute atomic E-state index is 0.0408. The first-order chi connectivity index (χ1) is 16.9. The zero-order valence-corrected chi connectivity index (χ0v) is 23.6. The number of rotatable bonds is 14. The molecule has 0 spiro atoms. The van der Waals surface area contributed by atoms with E-state index in [4.69, 9.17) is 4.74 Å². The number of benzene rings is 1. The Bertz CT molecular complexity index is 824. The van der Waals surface area contributed by atoms with E-state index in [1.54, 1.807) is 32.9 Å². The largest absolute Gasteiger partial charge is 0.508 e. The SMILES string of the molecule is CCCCCCCCN(C(=O)C(CS)NC(=O)OC(C)(C)C)C(C(=O)NC(C)C)c1ccc(O)cc1. The highest BCUT2D eigenvalue weighted by Crippen LogP contribution is 2.26. The summed E-state index contributed by atoms with van der Waals surface area (Å²) in [5, 5.41) is 15.3. The van der Waals surface area contributed by atoms with Crippen molar-refractivity contribution in [2.75, 3.05) is 12.3 Å². The van der Waals surface area contributed by atoms with Gasteiger partial charge in [-0.2, -0.15) is 12.6 Å². The Morgan fingerprint density at radius 2 is 1.58 bits per heavy atom. The summed E-state index contributed by atoms with van der Waals surface area (Å²) >= 11 is 4.31. The van der Waals surface area contributed by atoms with Gasteiger partial charge in [-0.3, -0.25) is 9.59 Å². The smallest absolute Gasteiger partial charge is 0.408 e. The van der Waals surface area contributed by atoms with E-state index >= 15 is 0 Å². The van der Waals surface area contributed by atoms with Crippen molar-refractivity contribution in [3.8, 4) is 5.75 Å². The molecule has 36 heavy (non-hydrogen) atoms. The molecule has 204 valence electrons. The van der Waals surface area contributed by atoms with Gasteiger partial charge in [0.15, 0.2) is 0 Å². The van der Waals surface area contributed by atoms with E-state index in [0.29, 0.717) is 18.5 Å². The van der Waals surface area contributed by atoms with Crippen molar-refractivity contribution < 1.29 is 24.2 Å². The van der Waals surface area contributed by atoms with Crippen molar-refractivity contribution in [2.45, 2.75) is 104 Å². The molecule has 0 aromatic heterocycles. The minimum Gasteiger partial charge on any atom is -0.508 e. The molecule has 8 nitrogen and oxygen atoms in total. The Morgan fingerprint density at radius 3 is 2.11 bits per heavy atom. The molecule has 0 heterocycles. The van der Waals surface area contributed by atoms with Crippen molar-refractivity contribution in [3.63, 3.8) is 0 Å². The summed E-state index contributed by atoms with van der Waals surface area (Å²) < 4.78 is 5.33. The van der Waals surface area contributed by atoms with Crippen LogP contribution in [-0.4, -0.2) is 57.9 Å². The predicted octanol–water partition coefficient (Wildman–Crippen LogP) is 4.97. The second-order valence-electron chi connectivity index (χ2n) is 10.3. The Balaban J connectivity index is 3.28. The van der Waals surface area contributed by atoms with Gasteiger partial charge in [-0.25, -0.2) is 4.79 Å². The van der Waals surface area contributed by atoms with E-state index in [-0.39, 0.29) is 23.5 Å². The molecule has 0 aliphatic heterocycles. The molecule has 1 rings (SSSR count). The first kappa shape index (κ1) is 31.6. The van der Waals surface area contributed by atoms with E-state index in [1.165, 1.54) is 17.0 Å². The zero-order chi connectivity index (χ0) is 27.3. The van der Waals surface area contributed by atoms with E-state index < -0.39 is 29.7 Å². The third-order valence-electron chi connectivity index (χ3n) is 5.41. The van der Waals surface area contributed by atoms with Crippen molar-refractivity contribution >= 4 is 30.5 Å². The highest BCUT2D eigenvalue weighted by atomic mass is 32.1. The number of phenols is 1. The van der Waals surface area contributed by atoms with Gasteiger partial charge >= 0.3 is 6.09 Å². The van der Waals surface area contributed by atoms with Gasteiger partial charge in [0.05, 0.1) is 0 Å². The van der Waals surface area contributed by atoms with Crippen molar-refractivity contribution in [1.82, 2.24) is 15.5 Å². The van der Waals surface area contributed by atoms with Crippen LogP contribution in [0, 0.1) is 0 Å².